The maximum Gasteiger partial charge on any atom is 0.166 e. The molecule has 0 aromatic rings. The van der Waals surface area contributed by atoms with Gasteiger partial charge in [-0.05, 0) is 67.5 Å². The third-order valence-corrected chi connectivity index (χ3v) is 5.54. The first-order chi connectivity index (χ1) is 7.86. The maximum atomic E-state index is 5.34. The Hall–Kier alpha value is -0.310. The summed E-state index contributed by atoms with van der Waals surface area (Å²) in [6.07, 6.45) is 8.27. The fourth-order valence-electron chi connectivity index (χ4n) is 5.89. The molecule has 4 aliphatic rings. The highest BCUT2D eigenvalue weighted by Gasteiger charge is 2.60. The van der Waals surface area contributed by atoms with Crippen molar-refractivity contribution in [3.63, 3.8) is 0 Å². The molecule has 4 fully saturated rings. The Morgan fingerprint density at radius 2 is 1.65 bits per heavy atom. The van der Waals surface area contributed by atoms with E-state index in [-0.39, 0.29) is 0 Å². The average Bonchev–Trinajstić information content (AvgIpc) is 2.10. The van der Waals surface area contributed by atoms with Crippen molar-refractivity contribution in [2.24, 2.45) is 16.7 Å². The van der Waals surface area contributed by atoms with E-state index in [1.165, 1.54) is 38.5 Å². The largest absolute Gasteiger partial charge is 0.366 e. The van der Waals surface area contributed by atoms with Crippen molar-refractivity contribution in [3.8, 4) is 0 Å². The Labute approximate surface area is 110 Å². The summed E-state index contributed by atoms with van der Waals surface area (Å²) in [7, 11) is 1.92. The highest BCUT2D eigenvalue weighted by atomic mass is 32.1. The van der Waals surface area contributed by atoms with Gasteiger partial charge in [-0.3, -0.25) is 0 Å². The van der Waals surface area contributed by atoms with Crippen LogP contribution in [0.3, 0.4) is 0 Å². The second-order valence-corrected chi connectivity index (χ2v) is 8.02. The minimum Gasteiger partial charge on any atom is -0.366 e. The topological polar surface area (TPSA) is 24.1 Å². The maximum absolute atomic E-state index is 5.34. The van der Waals surface area contributed by atoms with E-state index in [2.05, 4.69) is 24.5 Å². The predicted octanol–water partition coefficient (Wildman–Crippen LogP) is 2.83. The Kier molecular flexibility index (Phi) is 2.33. The van der Waals surface area contributed by atoms with Crippen LogP contribution in [0.15, 0.2) is 0 Å². The van der Waals surface area contributed by atoms with Gasteiger partial charge in [-0.25, -0.2) is 0 Å². The summed E-state index contributed by atoms with van der Waals surface area (Å²) < 4.78 is 0. The Morgan fingerprint density at radius 3 is 2.12 bits per heavy atom. The van der Waals surface area contributed by atoms with Crippen molar-refractivity contribution in [2.45, 2.75) is 57.9 Å². The molecule has 0 aliphatic heterocycles. The monoisotopic (exact) mass is 252 g/mol. The molecule has 17 heavy (non-hydrogen) atoms. The Morgan fingerprint density at radius 1 is 1.06 bits per heavy atom. The second-order valence-electron chi connectivity index (χ2n) is 7.61. The highest BCUT2D eigenvalue weighted by Crippen LogP contribution is 2.66. The number of nitrogens with one attached hydrogen (secondary N) is 2. The third kappa shape index (κ3) is 1.87. The van der Waals surface area contributed by atoms with E-state index in [1.54, 1.807) is 0 Å². The molecule has 0 radical (unpaired) electrons. The van der Waals surface area contributed by atoms with Crippen LogP contribution in [0.25, 0.3) is 0 Å². The van der Waals surface area contributed by atoms with Crippen molar-refractivity contribution >= 4 is 17.3 Å². The molecule has 4 aliphatic carbocycles. The van der Waals surface area contributed by atoms with Crippen LogP contribution < -0.4 is 10.6 Å². The van der Waals surface area contributed by atoms with Crippen molar-refractivity contribution in [1.29, 1.82) is 0 Å². The molecule has 3 heteroatoms. The van der Waals surface area contributed by atoms with Gasteiger partial charge in [0, 0.05) is 12.6 Å². The van der Waals surface area contributed by atoms with E-state index in [4.69, 9.17) is 12.2 Å². The lowest BCUT2D eigenvalue weighted by molar-refractivity contribution is -0.111. The Bertz CT molecular complexity index is 347. The van der Waals surface area contributed by atoms with E-state index in [0.29, 0.717) is 16.4 Å². The van der Waals surface area contributed by atoms with Crippen LogP contribution >= 0.6 is 12.2 Å². The summed E-state index contributed by atoms with van der Waals surface area (Å²) in [4.78, 5) is 0. The molecule has 0 saturated heterocycles. The zero-order chi connectivity index (χ0) is 12.3. The summed E-state index contributed by atoms with van der Waals surface area (Å²) in [5, 5.41) is 7.56. The fourth-order valence-corrected chi connectivity index (χ4v) is 6.11. The van der Waals surface area contributed by atoms with Gasteiger partial charge in [0.15, 0.2) is 5.11 Å². The van der Waals surface area contributed by atoms with Crippen LogP contribution in [0.4, 0.5) is 0 Å². The van der Waals surface area contributed by atoms with Crippen LogP contribution in [0.2, 0.25) is 0 Å². The summed E-state index contributed by atoms with van der Waals surface area (Å²) >= 11 is 5.34. The van der Waals surface area contributed by atoms with E-state index in [9.17, 15) is 0 Å². The first-order valence-electron chi connectivity index (χ1n) is 6.86. The van der Waals surface area contributed by atoms with Crippen molar-refractivity contribution in [1.82, 2.24) is 10.6 Å². The van der Waals surface area contributed by atoms with Gasteiger partial charge in [-0.2, -0.15) is 0 Å². The molecule has 4 saturated carbocycles. The van der Waals surface area contributed by atoms with Gasteiger partial charge in [0.25, 0.3) is 0 Å². The standard InChI is InChI=1S/C14H24N2S/c1-12-4-10-5-13(2,7-12)9-14(6-10,8-12)16-11(17)15-3/h10H,4-9H2,1-3H3,(H2,15,16,17). The van der Waals surface area contributed by atoms with Gasteiger partial charge in [0.1, 0.15) is 0 Å². The fraction of sp³-hybridized carbons (Fsp3) is 0.929. The molecule has 4 bridgehead atoms. The van der Waals surface area contributed by atoms with E-state index in [1.807, 2.05) is 7.05 Å². The number of thiocarbonyl (C=S) groups is 1. The lowest BCUT2D eigenvalue weighted by Gasteiger charge is -2.65. The zero-order valence-electron chi connectivity index (χ0n) is 11.2. The SMILES string of the molecule is CNC(=S)NC12CC3CC(C)(CC(C)(C3)C1)C2. The molecule has 0 spiro atoms. The molecule has 2 atom stereocenters. The van der Waals surface area contributed by atoms with Crippen LogP contribution in [-0.2, 0) is 0 Å². The first-order valence-corrected chi connectivity index (χ1v) is 7.27. The molecule has 4 rings (SSSR count). The minimum absolute atomic E-state index is 0.295. The second kappa shape index (κ2) is 3.37. The number of hydrogen-bond acceptors (Lipinski definition) is 1. The van der Waals surface area contributed by atoms with Crippen molar-refractivity contribution in [2.75, 3.05) is 7.05 Å². The normalized spacial score (nSPS) is 51.4. The van der Waals surface area contributed by atoms with Gasteiger partial charge in [-0.1, -0.05) is 13.8 Å². The molecule has 0 aromatic heterocycles. The summed E-state index contributed by atoms with van der Waals surface area (Å²) in [6, 6.07) is 0. The van der Waals surface area contributed by atoms with E-state index >= 15 is 0 Å². The summed E-state index contributed by atoms with van der Waals surface area (Å²) in [5.74, 6) is 0.924. The zero-order valence-corrected chi connectivity index (χ0v) is 12.0. The van der Waals surface area contributed by atoms with Gasteiger partial charge >= 0.3 is 0 Å². The van der Waals surface area contributed by atoms with Crippen LogP contribution in [-0.4, -0.2) is 17.7 Å². The molecule has 0 amide bonds. The van der Waals surface area contributed by atoms with Gasteiger partial charge in [-0.15, -0.1) is 0 Å². The number of rotatable bonds is 1. The van der Waals surface area contributed by atoms with Crippen molar-refractivity contribution < 1.29 is 0 Å². The first kappa shape index (κ1) is 11.8. The van der Waals surface area contributed by atoms with Gasteiger partial charge < -0.3 is 10.6 Å². The molecule has 0 heterocycles. The van der Waals surface area contributed by atoms with Crippen molar-refractivity contribution in [3.05, 3.63) is 0 Å². The van der Waals surface area contributed by atoms with Crippen LogP contribution in [0.1, 0.15) is 52.4 Å². The molecule has 0 aromatic carbocycles. The summed E-state index contributed by atoms with van der Waals surface area (Å²) in [5.41, 5.74) is 1.41. The lowest BCUT2D eigenvalue weighted by atomic mass is 9.43. The highest BCUT2D eigenvalue weighted by molar-refractivity contribution is 7.80. The Balaban J connectivity index is 1.89. The van der Waals surface area contributed by atoms with Crippen LogP contribution in [0, 0.1) is 16.7 Å². The average molecular weight is 252 g/mol. The minimum atomic E-state index is 0.295. The lowest BCUT2D eigenvalue weighted by Crippen LogP contribution is -2.65. The molecular weight excluding hydrogens is 228 g/mol. The molecule has 96 valence electrons. The van der Waals surface area contributed by atoms with E-state index < -0.39 is 0 Å². The molecular formula is C14H24N2S. The third-order valence-electron chi connectivity index (χ3n) is 5.23. The predicted molar refractivity (Wildman–Crippen MR) is 74.9 cm³/mol. The van der Waals surface area contributed by atoms with Gasteiger partial charge in [0.05, 0.1) is 0 Å². The molecule has 2 nitrogen and oxygen atoms in total. The smallest absolute Gasteiger partial charge is 0.166 e. The molecule has 2 N–H and O–H groups in total. The quantitative estimate of drug-likeness (QED) is 0.702. The number of hydrogen-bond donors (Lipinski definition) is 2. The van der Waals surface area contributed by atoms with Crippen LogP contribution in [0.5, 0.6) is 0 Å². The summed E-state index contributed by atoms with van der Waals surface area (Å²) in [6.45, 7) is 4.99. The molecule has 2 unspecified atom stereocenters. The van der Waals surface area contributed by atoms with E-state index in [0.717, 1.165) is 11.0 Å². The van der Waals surface area contributed by atoms with Gasteiger partial charge in [0.2, 0.25) is 0 Å².